The first-order valence-electron chi connectivity index (χ1n) is 8.04. The molecule has 4 heteroatoms. The number of nitrogens with zero attached hydrogens (tertiary/aromatic N) is 1. The number of nitrogens with one attached hydrogen (secondary N) is 1. The number of hydrogen-bond donors (Lipinski definition) is 1. The average Bonchev–Trinajstić information content (AvgIpc) is 3.33. The van der Waals surface area contributed by atoms with E-state index in [2.05, 4.69) is 28.4 Å². The van der Waals surface area contributed by atoms with Gasteiger partial charge in [-0.2, -0.15) is 0 Å². The Hall–Kier alpha value is -1.10. The zero-order valence-electron chi connectivity index (χ0n) is 12.9. The quantitative estimate of drug-likeness (QED) is 0.870. The molecule has 0 bridgehead atoms. The molecule has 1 N–H and O–H groups in total. The summed E-state index contributed by atoms with van der Waals surface area (Å²) in [6.07, 6.45) is 3.78. The van der Waals surface area contributed by atoms with Gasteiger partial charge in [0.25, 0.3) is 0 Å². The van der Waals surface area contributed by atoms with Crippen LogP contribution in [0.3, 0.4) is 0 Å². The molecule has 2 fully saturated rings. The molecule has 0 spiro atoms. The van der Waals surface area contributed by atoms with E-state index >= 15 is 0 Å². The molecule has 4 nitrogen and oxygen atoms in total. The summed E-state index contributed by atoms with van der Waals surface area (Å²) >= 11 is 0. The summed E-state index contributed by atoms with van der Waals surface area (Å²) < 4.78 is 11.1. The smallest absolute Gasteiger partial charge is 0.123 e. The molecule has 1 aromatic carbocycles. The molecule has 1 saturated carbocycles. The standard InChI is InChI=1S/C17H26N2O2/c1-20-17-6-3-14(12-18-16-4-5-16)11-15(17)13-19-7-2-9-21-10-8-19/h3,6,11,16,18H,2,4-5,7-10,12-13H2,1H3. The van der Waals surface area contributed by atoms with Crippen molar-refractivity contribution in [2.45, 2.75) is 38.4 Å². The Labute approximate surface area is 127 Å². The lowest BCUT2D eigenvalue weighted by Crippen LogP contribution is -2.26. The second kappa shape index (κ2) is 7.25. The first kappa shape index (κ1) is 14.8. The molecule has 0 atom stereocenters. The molecule has 116 valence electrons. The van der Waals surface area contributed by atoms with Crippen molar-refractivity contribution in [1.82, 2.24) is 10.2 Å². The summed E-state index contributed by atoms with van der Waals surface area (Å²) in [7, 11) is 1.76. The van der Waals surface area contributed by atoms with Crippen LogP contribution in [0.1, 0.15) is 30.4 Å². The molecule has 2 aliphatic rings. The van der Waals surface area contributed by atoms with Gasteiger partial charge < -0.3 is 14.8 Å². The monoisotopic (exact) mass is 290 g/mol. The Kier molecular flexibility index (Phi) is 5.12. The van der Waals surface area contributed by atoms with Gasteiger partial charge in [0.2, 0.25) is 0 Å². The van der Waals surface area contributed by atoms with Crippen LogP contribution >= 0.6 is 0 Å². The van der Waals surface area contributed by atoms with Gasteiger partial charge in [0.1, 0.15) is 5.75 Å². The van der Waals surface area contributed by atoms with Crippen molar-refractivity contribution in [2.24, 2.45) is 0 Å². The molecule has 3 rings (SSSR count). The molecule has 0 radical (unpaired) electrons. The fourth-order valence-electron chi connectivity index (χ4n) is 2.81. The lowest BCUT2D eigenvalue weighted by molar-refractivity contribution is 0.140. The van der Waals surface area contributed by atoms with Gasteiger partial charge in [-0.15, -0.1) is 0 Å². The largest absolute Gasteiger partial charge is 0.496 e. The van der Waals surface area contributed by atoms with E-state index in [0.29, 0.717) is 0 Å². The Bertz CT molecular complexity index is 452. The number of benzene rings is 1. The maximum atomic E-state index is 5.53. The molecule has 1 aliphatic carbocycles. The van der Waals surface area contributed by atoms with Crippen LogP contribution in [-0.4, -0.2) is 44.4 Å². The van der Waals surface area contributed by atoms with Gasteiger partial charge in [-0.25, -0.2) is 0 Å². The van der Waals surface area contributed by atoms with E-state index in [9.17, 15) is 0 Å². The lowest BCUT2D eigenvalue weighted by Gasteiger charge is -2.21. The number of rotatable bonds is 6. The van der Waals surface area contributed by atoms with Crippen LogP contribution < -0.4 is 10.1 Å². The third-order valence-electron chi connectivity index (χ3n) is 4.23. The summed E-state index contributed by atoms with van der Waals surface area (Å²) in [6.45, 7) is 5.75. The summed E-state index contributed by atoms with van der Waals surface area (Å²) in [5.41, 5.74) is 2.64. The maximum Gasteiger partial charge on any atom is 0.123 e. The van der Waals surface area contributed by atoms with Gasteiger partial charge >= 0.3 is 0 Å². The molecule has 1 saturated heterocycles. The van der Waals surface area contributed by atoms with Crippen molar-refractivity contribution in [2.75, 3.05) is 33.4 Å². The van der Waals surface area contributed by atoms with Gasteiger partial charge in [0, 0.05) is 44.4 Å². The summed E-state index contributed by atoms with van der Waals surface area (Å²) in [6, 6.07) is 7.31. The van der Waals surface area contributed by atoms with E-state index in [1.165, 1.54) is 24.0 Å². The van der Waals surface area contributed by atoms with Crippen molar-refractivity contribution in [3.05, 3.63) is 29.3 Å². The van der Waals surface area contributed by atoms with Crippen LogP contribution in [0.5, 0.6) is 5.75 Å². The van der Waals surface area contributed by atoms with Gasteiger partial charge in [-0.05, 0) is 37.0 Å². The van der Waals surface area contributed by atoms with Gasteiger partial charge in [-0.3, -0.25) is 4.90 Å². The highest BCUT2D eigenvalue weighted by Gasteiger charge is 2.20. The SMILES string of the molecule is COc1ccc(CNC2CC2)cc1CN1CCCOCC1. The molecule has 0 aromatic heterocycles. The Morgan fingerprint density at radius 3 is 3.00 bits per heavy atom. The molecular weight excluding hydrogens is 264 g/mol. The highest BCUT2D eigenvalue weighted by atomic mass is 16.5. The first-order chi connectivity index (χ1) is 10.3. The Balaban J connectivity index is 1.66. The van der Waals surface area contributed by atoms with Crippen molar-refractivity contribution >= 4 is 0 Å². The fourth-order valence-corrected chi connectivity index (χ4v) is 2.81. The van der Waals surface area contributed by atoms with Crippen molar-refractivity contribution in [1.29, 1.82) is 0 Å². The van der Waals surface area contributed by atoms with E-state index < -0.39 is 0 Å². The van der Waals surface area contributed by atoms with E-state index in [-0.39, 0.29) is 0 Å². The molecule has 1 heterocycles. The number of methoxy groups -OCH3 is 1. The zero-order valence-corrected chi connectivity index (χ0v) is 12.9. The normalized spacial score (nSPS) is 20.2. The van der Waals surface area contributed by atoms with Gasteiger partial charge in [0.05, 0.1) is 13.7 Å². The van der Waals surface area contributed by atoms with E-state index in [0.717, 1.165) is 57.6 Å². The second-order valence-electron chi connectivity index (χ2n) is 6.04. The minimum Gasteiger partial charge on any atom is -0.496 e. The summed E-state index contributed by atoms with van der Waals surface area (Å²) in [5, 5.41) is 3.58. The third kappa shape index (κ3) is 4.43. The minimum absolute atomic E-state index is 0.748. The summed E-state index contributed by atoms with van der Waals surface area (Å²) in [4.78, 5) is 2.46. The van der Waals surface area contributed by atoms with Gasteiger partial charge in [-0.1, -0.05) is 6.07 Å². The van der Waals surface area contributed by atoms with E-state index in [1.54, 1.807) is 7.11 Å². The summed E-state index contributed by atoms with van der Waals surface area (Å²) in [5.74, 6) is 0.996. The number of hydrogen-bond acceptors (Lipinski definition) is 4. The van der Waals surface area contributed by atoms with Crippen LogP contribution in [0.4, 0.5) is 0 Å². The molecule has 1 aliphatic heterocycles. The first-order valence-corrected chi connectivity index (χ1v) is 8.04. The van der Waals surface area contributed by atoms with Crippen LogP contribution in [-0.2, 0) is 17.8 Å². The Morgan fingerprint density at radius 1 is 1.29 bits per heavy atom. The zero-order chi connectivity index (χ0) is 14.5. The maximum absolute atomic E-state index is 5.53. The second-order valence-corrected chi connectivity index (χ2v) is 6.04. The topological polar surface area (TPSA) is 33.7 Å². The van der Waals surface area contributed by atoms with Gasteiger partial charge in [0.15, 0.2) is 0 Å². The highest BCUT2D eigenvalue weighted by Crippen LogP contribution is 2.24. The van der Waals surface area contributed by atoms with E-state index in [4.69, 9.17) is 9.47 Å². The Morgan fingerprint density at radius 2 is 2.19 bits per heavy atom. The fraction of sp³-hybridized carbons (Fsp3) is 0.647. The third-order valence-corrected chi connectivity index (χ3v) is 4.23. The highest BCUT2D eigenvalue weighted by molar-refractivity contribution is 5.37. The van der Waals surface area contributed by atoms with Crippen LogP contribution in [0.25, 0.3) is 0 Å². The molecule has 0 unspecified atom stereocenters. The average molecular weight is 290 g/mol. The lowest BCUT2D eigenvalue weighted by atomic mass is 10.1. The predicted octanol–water partition coefficient (Wildman–Crippen LogP) is 2.17. The van der Waals surface area contributed by atoms with Crippen molar-refractivity contribution in [3.8, 4) is 5.75 Å². The predicted molar refractivity (Wildman–Crippen MR) is 83.6 cm³/mol. The van der Waals surface area contributed by atoms with Crippen molar-refractivity contribution in [3.63, 3.8) is 0 Å². The van der Waals surface area contributed by atoms with Crippen LogP contribution in [0.2, 0.25) is 0 Å². The molecule has 21 heavy (non-hydrogen) atoms. The number of ether oxygens (including phenoxy) is 2. The molecular formula is C17H26N2O2. The van der Waals surface area contributed by atoms with E-state index in [1.807, 2.05) is 0 Å². The molecule has 0 amide bonds. The molecule has 1 aromatic rings. The minimum atomic E-state index is 0.748. The van der Waals surface area contributed by atoms with Crippen LogP contribution in [0, 0.1) is 0 Å². The van der Waals surface area contributed by atoms with Crippen LogP contribution in [0.15, 0.2) is 18.2 Å². The van der Waals surface area contributed by atoms with Crippen molar-refractivity contribution < 1.29 is 9.47 Å².